The van der Waals surface area contributed by atoms with Crippen molar-refractivity contribution in [2.45, 2.75) is 31.2 Å². The van der Waals surface area contributed by atoms with Crippen LogP contribution in [0.25, 0.3) is 0 Å². The molecule has 2 aromatic rings. The predicted octanol–water partition coefficient (Wildman–Crippen LogP) is 3.79. The summed E-state index contributed by atoms with van der Waals surface area (Å²) in [5, 5.41) is 0. The molecule has 2 aromatic carbocycles. The molecular weight excluding hydrogens is 246 g/mol. The maximum absolute atomic E-state index is 6.85. The van der Waals surface area contributed by atoms with E-state index in [0.29, 0.717) is 5.92 Å². The number of methoxy groups -OCH3 is 1. The van der Waals surface area contributed by atoms with Crippen LogP contribution in [0.15, 0.2) is 48.5 Å². The Kier molecular flexibility index (Phi) is 3.27. The minimum atomic E-state index is -0.449. The van der Waals surface area contributed by atoms with Gasteiger partial charge in [-0.2, -0.15) is 0 Å². The Morgan fingerprint density at radius 3 is 2.45 bits per heavy atom. The first-order chi connectivity index (χ1) is 9.66. The van der Waals surface area contributed by atoms with Gasteiger partial charge in [-0.1, -0.05) is 49.4 Å². The molecule has 0 bridgehead atoms. The quantitative estimate of drug-likeness (QED) is 0.898. The molecular formula is C18H21NO. The van der Waals surface area contributed by atoms with Crippen LogP contribution in [0.5, 0.6) is 5.75 Å². The smallest absolute Gasteiger partial charge is 0.124 e. The van der Waals surface area contributed by atoms with Gasteiger partial charge in [0.05, 0.1) is 12.6 Å². The normalized spacial score (nSPS) is 25.1. The van der Waals surface area contributed by atoms with E-state index in [0.717, 1.165) is 24.2 Å². The summed E-state index contributed by atoms with van der Waals surface area (Å²) in [6.45, 7) is 2.28. The number of rotatable bonds is 2. The van der Waals surface area contributed by atoms with E-state index in [4.69, 9.17) is 10.5 Å². The number of hydrogen-bond donors (Lipinski definition) is 1. The van der Waals surface area contributed by atoms with Crippen molar-refractivity contribution in [3.05, 3.63) is 65.2 Å². The molecule has 0 radical (unpaired) electrons. The van der Waals surface area contributed by atoms with Gasteiger partial charge in [-0.05, 0) is 36.0 Å². The van der Waals surface area contributed by atoms with E-state index in [1.54, 1.807) is 7.11 Å². The summed E-state index contributed by atoms with van der Waals surface area (Å²) in [5.74, 6) is 1.44. The molecule has 1 aliphatic carbocycles. The van der Waals surface area contributed by atoms with Gasteiger partial charge in [-0.25, -0.2) is 0 Å². The Hall–Kier alpha value is -1.80. The number of ether oxygens (including phenoxy) is 1. The molecule has 0 aromatic heterocycles. The standard InChI is InChI=1S/C18H21NO/c1-13-11-12-18(19,15-8-4-3-7-14(13)15)16-9-5-6-10-17(16)20-2/h3-10,13H,11-12,19H2,1-2H3. The fourth-order valence-electron chi connectivity index (χ4n) is 3.36. The number of benzene rings is 2. The highest BCUT2D eigenvalue weighted by atomic mass is 16.5. The molecule has 3 rings (SSSR count). The second kappa shape index (κ2) is 4.95. The van der Waals surface area contributed by atoms with Crippen LogP contribution < -0.4 is 10.5 Å². The maximum Gasteiger partial charge on any atom is 0.124 e. The van der Waals surface area contributed by atoms with Crippen LogP contribution in [0, 0.1) is 0 Å². The first kappa shape index (κ1) is 13.2. The number of para-hydroxylation sites is 1. The van der Waals surface area contributed by atoms with Crippen LogP contribution in [0.1, 0.15) is 42.4 Å². The first-order valence-corrected chi connectivity index (χ1v) is 7.18. The monoisotopic (exact) mass is 267 g/mol. The molecule has 1 aliphatic rings. The molecule has 2 N–H and O–H groups in total. The molecule has 2 atom stereocenters. The molecule has 2 unspecified atom stereocenters. The molecule has 0 saturated carbocycles. The molecule has 0 spiro atoms. The van der Waals surface area contributed by atoms with Gasteiger partial charge in [0.25, 0.3) is 0 Å². The second-order valence-electron chi connectivity index (χ2n) is 5.70. The summed E-state index contributed by atoms with van der Waals surface area (Å²) in [7, 11) is 1.71. The van der Waals surface area contributed by atoms with Crippen LogP contribution in [-0.4, -0.2) is 7.11 Å². The molecule has 2 nitrogen and oxygen atoms in total. The van der Waals surface area contributed by atoms with E-state index in [1.165, 1.54) is 11.1 Å². The Morgan fingerprint density at radius 2 is 1.70 bits per heavy atom. The van der Waals surface area contributed by atoms with Crippen molar-refractivity contribution in [1.29, 1.82) is 0 Å². The Bertz CT molecular complexity index is 622. The zero-order valence-electron chi connectivity index (χ0n) is 12.1. The van der Waals surface area contributed by atoms with E-state index in [-0.39, 0.29) is 0 Å². The molecule has 0 amide bonds. The number of nitrogens with two attached hydrogens (primary N) is 1. The van der Waals surface area contributed by atoms with Gasteiger partial charge in [0.15, 0.2) is 0 Å². The maximum atomic E-state index is 6.85. The first-order valence-electron chi connectivity index (χ1n) is 7.18. The van der Waals surface area contributed by atoms with Crippen molar-refractivity contribution in [3.8, 4) is 5.75 Å². The summed E-state index contributed by atoms with van der Waals surface area (Å²) in [4.78, 5) is 0. The Morgan fingerprint density at radius 1 is 1.05 bits per heavy atom. The predicted molar refractivity (Wildman–Crippen MR) is 82.1 cm³/mol. The van der Waals surface area contributed by atoms with Crippen molar-refractivity contribution < 1.29 is 4.74 Å². The third-order valence-corrected chi connectivity index (χ3v) is 4.53. The van der Waals surface area contributed by atoms with Gasteiger partial charge in [-0.15, -0.1) is 0 Å². The second-order valence-corrected chi connectivity index (χ2v) is 5.70. The zero-order valence-corrected chi connectivity index (χ0v) is 12.1. The van der Waals surface area contributed by atoms with Crippen molar-refractivity contribution in [2.75, 3.05) is 7.11 Å². The van der Waals surface area contributed by atoms with Gasteiger partial charge in [-0.3, -0.25) is 0 Å². The van der Waals surface area contributed by atoms with E-state index < -0.39 is 5.54 Å². The third-order valence-electron chi connectivity index (χ3n) is 4.53. The molecule has 2 heteroatoms. The van der Waals surface area contributed by atoms with E-state index >= 15 is 0 Å². The van der Waals surface area contributed by atoms with E-state index in [1.807, 2.05) is 18.2 Å². The average Bonchev–Trinajstić information content (AvgIpc) is 2.51. The van der Waals surface area contributed by atoms with E-state index in [9.17, 15) is 0 Å². The Labute approximate surface area is 120 Å². The van der Waals surface area contributed by atoms with Gasteiger partial charge < -0.3 is 10.5 Å². The van der Waals surface area contributed by atoms with Crippen molar-refractivity contribution >= 4 is 0 Å². The summed E-state index contributed by atoms with van der Waals surface area (Å²) < 4.78 is 5.53. The van der Waals surface area contributed by atoms with Gasteiger partial charge in [0.1, 0.15) is 5.75 Å². The molecule has 0 aliphatic heterocycles. The van der Waals surface area contributed by atoms with Crippen LogP contribution in [0.2, 0.25) is 0 Å². The Balaban J connectivity index is 2.20. The fourth-order valence-corrected chi connectivity index (χ4v) is 3.36. The lowest BCUT2D eigenvalue weighted by atomic mass is 9.69. The minimum absolute atomic E-state index is 0.449. The van der Waals surface area contributed by atoms with Crippen LogP contribution in [-0.2, 0) is 5.54 Å². The van der Waals surface area contributed by atoms with E-state index in [2.05, 4.69) is 37.3 Å². The van der Waals surface area contributed by atoms with Crippen molar-refractivity contribution in [2.24, 2.45) is 5.73 Å². The summed E-state index contributed by atoms with van der Waals surface area (Å²) >= 11 is 0. The number of fused-ring (bicyclic) bond motifs is 1. The molecule has 20 heavy (non-hydrogen) atoms. The SMILES string of the molecule is COc1ccccc1C1(N)CCC(C)c2ccccc21. The van der Waals surface area contributed by atoms with Gasteiger partial charge in [0, 0.05) is 5.56 Å². The average molecular weight is 267 g/mol. The van der Waals surface area contributed by atoms with Crippen LogP contribution in [0.4, 0.5) is 0 Å². The molecule has 104 valence electrons. The van der Waals surface area contributed by atoms with Crippen molar-refractivity contribution in [1.82, 2.24) is 0 Å². The summed E-state index contributed by atoms with van der Waals surface area (Å²) in [6, 6.07) is 16.6. The molecule has 0 fully saturated rings. The lowest BCUT2D eigenvalue weighted by molar-refractivity contribution is 0.368. The van der Waals surface area contributed by atoms with Crippen molar-refractivity contribution in [3.63, 3.8) is 0 Å². The topological polar surface area (TPSA) is 35.2 Å². The van der Waals surface area contributed by atoms with Crippen LogP contribution >= 0.6 is 0 Å². The summed E-state index contributed by atoms with van der Waals surface area (Å²) in [5.41, 5.74) is 10.1. The lowest BCUT2D eigenvalue weighted by Crippen LogP contribution is -2.42. The summed E-state index contributed by atoms with van der Waals surface area (Å²) in [6.07, 6.45) is 2.05. The number of hydrogen-bond acceptors (Lipinski definition) is 2. The highest BCUT2D eigenvalue weighted by molar-refractivity contribution is 5.50. The van der Waals surface area contributed by atoms with Gasteiger partial charge in [0.2, 0.25) is 0 Å². The fraction of sp³-hybridized carbons (Fsp3) is 0.333. The largest absolute Gasteiger partial charge is 0.496 e. The zero-order chi connectivity index (χ0) is 14.2. The molecule has 0 saturated heterocycles. The minimum Gasteiger partial charge on any atom is -0.496 e. The van der Waals surface area contributed by atoms with Gasteiger partial charge >= 0.3 is 0 Å². The highest BCUT2D eigenvalue weighted by Gasteiger charge is 2.38. The molecule has 0 heterocycles. The lowest BCUT2D eigenvalue weighted by Gasteiger charge is -2.39. The highest BCUT2D eigenvalue weighted by Crippen LogP contribution is 2.45. The van der Waals surface area contributed by atoms with Crippen LogP contribution in [0.3, 0.4) is 0 Å². The third kappa shape index (κ3) is 1.92.